The first-order valence-corrected chi connectivity index (χ1v) is 5.03. The molecule has 0 aromatic carbocycles. The first-order valence-electron chi connectivity index (χ1n) is 3.51. The maximum absolute atomic E-state index is 10.4. The van der Waals surface area contributed by atoms with Gasteiger partial charge in [-0.1, -0.05) is 34.8 Å². The van der Waals surface area contributed by atoms with E-state index in [9.17, 15) is 10.1 Å². The third kappa shape index (κ3) is 4.90. The summed E-state index contributed by atoms with van der Waals surface area (Å²) in [6, 6.07) is 0. The predicted octanol–water partition coefficient (Wildman–Crippen LogP) is 2.14. The predicted molar refractivity (Wildman–Crippen MR) is 59.5 cm³/mol. The van der Waals surface area contributed by atoms with E-state index in [2.05, 4.69) is 5.32 Å². The van der Waals surface area contributed by atoms with Gasteiger partial charge in [0, 0.05) is 6.54 Å². The van der Waals surface area contributed by atoms with Crippen LogP contribution in [0.5, 0.6) is 0 Å². The molecule has 0 amide bonds. The zero-order chi connectivity index (χ0) is 12.0. The van der Waals surface area contributed by atoms with E-state index < -0.39 is 10.1 Å². The van der Waals surface area contributed by atoms with E-state index in [1.54, 1.807) is 0 Å². The molecule has 0 bridgehead atoms. The van der Waals surface area contributed by atoms with Crippen LogP contribution < -0.4 is 5.32 Å². The topological polar surface area (TPSA) is 75.4 Å². The third-order valence-electron chi connectivity index (χ3n) is 1.17. The molecule has 0 atom stereocenters. The molecule has 5 nitrogen and oxygen atoms in total. The Hall–Kier alpha value is -0.200. The van der Waals surface area contributed by atoms with Gasteiger partial charge in [-0.2, -0.15) is 0 Å². The number of allylic oxidation sites excluding steroid dienone is 1. The van der Waals surface area contributed by atoms with Crippen LogP contribution in [0.2, 0.25) is 0 Å². The molecule has 0 heterocycles. The van der Waals surface area contributed by atoms with Crippen LogP contribution in [-0.4, -0.2) is 23.2 Å². The molecule has 0 aliphatic carbocycles. The number of aliphatic hydroxyl groups excluding tert-OH is 1. The van der Waals surface area contributed by atoms with Crippen molar-refractivity contribution in [2.75, 3.05) is 13.2 Å². The van der Waals surface area contributed by atoms with Gasteiger partial charge in [0.25, 0.3) is 0 Å². The van der Waals surface area contributed by atoms with Crippen molar-refractivity contribution in [1.29, 1.82) is 0 Å². The zero-order valence-corrected chi connectivity index (χ0v) is 10.2. The van der Waals surface area contributed by atoms with Gasteiger partial charge in [-0.15, -0.1) is 0 Å². The Bertz CT molecular complexity index is 311. The molecule has 0 radical (unpaired) electrons. The van der Waals surface area contributed by atoms with Crippen molar-refractivity contribution < 1.29 is 10.0 Å². The molecule has 0 aliphatic heterocycles. The zero-order valence-electron chi connectivity index (χ0n) is 7.14. The fourth-order valence-electron chi connectivity index (χ4n) is 0.608. The van der Waals surface area contributed by atoms with Crippen molar-refractivity contribution in [2.24, 2.45) is 0 Å². The number of nitrogens with one attached hydrogen (secondary N) is 1. The van der Waals surface area contributed by atoms with Gasteiger partial charge in [0.05, 0.1) is 11.5 Å². The van der Waals surface area contributed by atoms with Crippen molar-refractivity contribution in [2.45, 2.75) is 0 Å². The average molecular weight is 296 g/mol. The standard InChI is InChI=1S/C6H6Cl4N2O3/c7-3(5(8)9)4(11-1-2-13)6(10)12(14)15/h11,13H,1-2H2/b6-4-. The molecular weight excluding hydrogens is 290 g/mol. The first kappa shape index (κ1) is 14.8. The van der Waals surface area contributed by atoms with E-state index >= 15 is 0 Å². The van der Waals surface area contributed by atoms with Gasteiger partial charge < -0.3 is 10.4 Å². The Kier molecular flexibility index (Phi) is 7.04. The molecule has 0 aromatic heterocycles. The molecule has 0 fully saturated rings. The lowest BCUT2D eigenvalue weighted by Gasteiger charge is -2.07. The summed E-state index contributed by atoms with van der Waals surface area (Å²) in [7, 11) is 0. The molecule has 0 saturated heterocycles. The van der Waals surface area contributed by atoms with Crippen LogP contribution in [0.3, 0.4) is 0 Å². The van der Waals surface area contributed by atoms with E-state index in [4.69, 9.17) is 51.5 Å². The molecule has 0 spiro atoms. The van der Waals surface area contributed by atoms with Gasteiger partial charge in [0.1, 0.15) is 15.2 Å². The number of rotatable bonds is 5. The highest BCUT2D eigenvalue weighted by Crippen LogP contribution is 2.26. The average Bonchev–Trinajstić information content (AvgIpc) is 2.17. The van der Waals surface area contributed by atoms with Crippen molar-refractivity contribution in [3.63, 3.8) is 0 Å². The molecular formula is C6H6Cl4N2O3. The van der Waals surface area contributed by atoms with Crippen LogP contribution in [0.25, 0.3) is 0 Å². The van der Waals surface area contributed by atoms with Crippen molar-refractivity contribution in [3.05, 3.63) is 30.5 Å². The molecule has 9 heteroatoms. The second-order valence-corrected chi connectivity index (χ2v) is 3.83. The van der Waals surface area contributed by atoms with Crippen LogP contribution in [0, 0.1) is 10.1 Å². The Balaban J connectivity index is 5.15. The number of aliphatic hydroxyl groups is 1. The quantitative estimate of drug-likeness (QED) is 0.353. The Morgan fingerprint density at radius 2 is 1.87 bits per heavy atom. The summed E-state index contributed by atoms with van der Waals surface area (Å²) in [5.41, 5.74) is -0.239. The van der Waals surface area contributed by atoms with Gasteiger partial charge >= 0.3 is 5.16 Å². The summed E-state index contributed by atoms with van der Waals surface area (Å²) >= 11 is 21.6. The van der Waals surface area contributed by atoms with Gasteiger partial charge in [0.2, 0.25) is 0 Å². The van der Waals surface area contributed by atoms with Crippen molar-refractivity contribution in [1.82, 2.24) is 5.32 Å². The number of halogens is 4. The lowest BCUT2D eigenvalue weighted by atomic mass is 10.4. The largest absolute Gasteiger partial charge is 0.395 e. The molecule has 0 aromatic rings. The molecule has 0 aliphatic rings. The minimum absolute atomic E-state index is 0.0245. The Morgan fingerprint density at radius 3 is 2.20 bits per heavy atom. The highest BCUT2D eigenvalue weighted by molar-refractivity contribution is 6.60. The van der Waals surface area contributed by atoms with E-state index in [1.165, 1.54) is 0 Å². The van der Waals surface area contributed by atoms with Crippen LogP contribution >= 0.6 is 46.4 Å². The number of hydrogen-bond acceptors (Lipinski definition) is 4. The Labute approximate surface area is 105 Å². The van der Waals surface area contributed by atoms with E-state index in [-0.39, 0.29) is 28.4 Å². The highest BCUT2D eigenvalue weighted by Gasteiger charge is 2.20. The fourth-order valence-corrected chi connectivity index (χ4v) is 1.16. The summed E-state index contributed by atoms with van der Waals surface area (Å²) in [5, 5.41) is 20.3. The molecule has 2 N–H and O–H groups in total. The van der Waals surface area contributed by atoms with Gasteiger partial charge in [-0.25, -0.2) is 0 Å². The van der Waals surface area contributed by atoms with Crippen LogP contribution in [0.15, 0.2) is 20.4 Å². The third-order valence-corrected chi connectivity index (χ3v) is 2.44. The first-order chi connectivity index (χ1) is 6.91. The molecule has 86 valence electrons. The number of nitrogens with zero attached hydrogens (tertiary/aromatic N) is 1. The molecule has 0 saturated carbocycles. The minimum atomic E-state index is -0.861. The SMILES string of the molecule is O=[N+]([O-])/C(Cl)=C(\NCCO)C(Cl)=C(Cl)Cl. The minimum Gasteiger partial charge on any atom is -0.395 e. The Morgan fingerprint density at radius 1 is 1.33 bits per heavy atom. The van der Waals surface area contributed by atoms with Crippen molar-refractivity contribution >= 4 is 46.4 Å². The monoisotopic (exact) mass is 294 g/mol. The van der Waals surface area contributed by atoms with Crippen LogP contribution in [0.4, 0.5) is 0 Å². The van der Waals surface area contributed by atoms with Crippen LogP contribution in [-0.2, 0) is 0 Å². The lowest BCUT2D eigenvalue weighted by Crippen LogP contribution is -2.20. The second-order valence-electron chi connectivity index (χ2n) is 2.15. The van der Waals surface area contributed by atoms with E-state index in [0.717, 1.165) is 0 Å². The van der Waals surface area contributed by atoms with Gasteiger partial charge in [-0.05, 0) is 11.6 Å². The van der Waals surface area contributed by atoms with Crippen molar-refractivity contribution in [3.8, 4) is 0 Å². The van der Waals surface area contributed by atoms with E-state index in [1.807, 2.05) is 0 Å². The number of nitro groups is 1. The summed E-state index contributed by atoms with van der Waals surface area (Å²) in [5.74, 6) is 0. The fraction of sp³-hybridized carbons (Fsp3) is 0.333. The maximum Gasteiger partial charge on any atom is 0.361 e. The lowest BCUT2D eigenvalue weighted by molar-refractivity contribution is -0.413. The normalized spacial score (nSPS) is 11.8. The van der Waals surface area contributed by atoms with Gasteiger partial charge in [0.15, 0.2) is 0 Å². The maximum atomic E-state index is 10.4. The molecule has 0 rings (SSSR count). The van der Waals surface area contributed by atoms with Gasteiger partial charge in [-0.3, -0.25) is 10.1 Å². The molecule has 0 unspecified atom stereocenters. The second kappa shape index (κ2) is 7.14. The summed E-state index contributed by atoms with van der Waals surface area (Å²) in [6.45, 7) is -0.230. The number of hydrogen-bond donors (Lipinski definition) is 2. The highest BCUT2D eigenvalue weighted by atomic mass is 35.5. The summed E-state index contributed by atoms with van der Waals surface area (Å²) < 4.78 is -0.364. The van der Waals surface area contributed by atoms with E-state index in [0.29, 0.717) is 0 Å². The summed E-state index contributed by atoms with van der Waals surface area (Å²) in [4.78, 5) is 9.52. The molecule has 15 heavy (non-hydrogen) atoms. The summed E-state index contributed by atoms with van der Waals surface area (Å²) in [6.07, 6.45) is 0. The van der Waals surface area contributed by atoms with Crippen LogP contribution in [0.1, 0.15) is 0 Å². The smallest absolute Gasteiger partial charge is 0.361 e.